The lowest BCUT2D eigenvalue weighted by Gasteiger charge is -2.29. The molecular weight excluding hydrogens is 356 g/mol. The number of hydrogen-bond donors (Lipinski definition) is 3. The highest BCUT2D eigenvalue weighted by atomic mass is 32.2. The number of anilines is 1. The predicted octanol–water partition coefficient (Wildman–Crippen LogP) is 0.509. The number of rotatable bonds is 8. The first-order valence-corrected chi connectivity index (χ1v) is 10.1. The molecule has 0 bridgehead atoms. The lowest BCUT2D eigenvalue weighted by Crippen LogP contribution is -2.48. The van der Waals surface area contributed by atoms with Gasteiger partial charge in [-0.15, -0.1) is 0 Å². The Hall–Kier alpha value is -1.97. The maximum atomic E-state index is 12.7. The van der Waals surface area contributed by atoms with Crippen molar-refractivity contribution < 1.29 is 18.0 Å². The second-order valence-corrected chi connectivity index (χ2v) is 8.35. The van der Waals surface area contributed by atoms with Gasteiger partial charge in [0.2, 0.25) is 21.8 Å². The summed E-state index contributed by atoms with van der Waals surface area (Å²) >= 11 is 0. The van der Waals surface area contributed by atoms with Crippen LogP contribution in [-0.2, 0) is 19.6 Å². The number of hydrogen-bond acceptors (Lipinski definition) is 5. The molecule has 144 valence electrons. The van der Waals surface area contributed by atoms with Gasteiger partial charge >= 0.3 is 0 Å². The zero-order valence-electron chi connectivity index (χ0n) is 15.1. The molecule has 1 atom stereocenters. The maximum absolute atomic E-state index is 12.7. The first kappa shape index (κ1) is 20.3. The molecular formula is C17H26N4O4S. The molecule has 8 nitrogen and oxygen atoms in total. The monoisotopic (exact) mass is 382 g/mol. The topological polar surface area (TPSA) is 122 Å². The average molecular weight is 382 g/mol. The minimum Gasteiger partial charge on any atom is -0.330 e. The fourth-order valence-electron chi connectivity index (χ4n) is 3.00. The molecule has 2 rings (SSSR count). The van der Waals surface area contributed by atoms with Gasteiger partial charge in [0, 0.05) is 31.7 Å². The Morgan fingerprint density at radius 2 is 2.08 bits per heavy atom. The van der Waals surface area contributed by atoms with E-state index in [0.717, 1.165) is 6.42 Å². The van der Waals surface area contributed by atoms with Crippen LogP contribution in [0.3, 0.4) is 0 Å². The third kappa shape index (κ3) is 4.80. The lowest BCUT2D eigenvalue weighted by molar-refractivity contribution is -0.136. The number of carbonyl (C=O) groups excluding carboxylic acids is 2. The van der Waals surface area contributed by atoms with Gasteiger partial charge in [0.1, 0.15) is 6.04 Å². The number of sulfonamides is 1. The summed E-state index contributed by atoms with van der Waals surface area (Å²) in [4.78, 5) is 26.4. The van der Waals surface area contributed by atoms with E-state index >= 15 is 0 Å². The van der Waals surface area contributed by atoms with Crippen molar-refractivity contribution in [3.8, 4) is 0 Å². The third-order valence-corrected chi connectivity index (χ3v) is 5.65. The van der Waals surface area contributed by atoms with Crippen molar-refractivity contribution in [2.45, 2.75) is 37.6 Å². The Kier molecular flexibility index (Phi) is 6.74. The van der Waals surface area contributed by atoms with Crippen molar-refractivity contribution in [2.75, 3.05) is 25.0 Å². The number of nitrogens with one attached hydrogen (secondary N) is 2. The minimum absolute atomic E-state index is 0.0267. The van der Waals surface area contributed by atoms with Gasteiger partial charge in [0.05, 0.1) is 4.90 Å². The zero-order valence-corrected chi connectivity index (χ0v) is 15.9. The number of amides is 2. The molecule has 9 heteroatoms. The molecule has 1 fully saturated rings. The number of carbonyl (C=O) groups is 2. The molecule has 1 saturated heterocycles. The molecule has 1 aromatic carbocycles. The van der Waals surface area contributed by atoms with Crippen LogP contribution in [0.1, 0.15) is 26.7 Å². The maximum Gasteiger partial charge on any atom is 0.247 e. The highest BCUT2D eigenvalue weighted by Gasteiger charge is 2.35. The predicted molar refractivity (Wildman–Crippen MR) is 98.9 cm³/mol. The SMILES string of the molecule is CC(C)C(C(=O)Nc1cccc(S(=O)(=O)NCCN)c1)N1CCCC1=O. The van der Waals surface area contributed by atoms with E-state index in [1.165, 1.54) is 12.1 Å². The fourth-order valence-corrected chi connectivity index (χ4v) is 4.09. The van der Waals surface area contributed by atoms with Crippen LogP contribution in [0.5, 0.6) is 0 Å². The minimum atomic E-state index is -3.69. The Morgan fingerprint density at radius 1 is 1.35 bits per heavy atom. The molecule has 0 radical (unpaired) electrons. The summed E-state index contributed by atoms with van der Waals surface area (Å²) in [5.74, 6) is -0.406. The molecule has 0 spiro atoms. The highest BCUT2D eigenvalue weighted by Crippen LogP contribution is 2.22. The van der Waals surface area contributed by atoms with Crippen LogP contribution in [0.25, 0.3) is 0 Å². The molecule has 1 aliphatic heterocycles. The lowest BCUT2D eigenvalue weighted by atomic mass is 10.0. The van der Waals surface area contributed by atoms with Gasteiger partial charge in [0.25, 0.3) is 0 Å². The van der Waals surface area contributed by atoms with Gasteiger partial charge < -0.3 is 16.0 Å². The summed E-state index contributed by atoms with van der Waals surface area (Å²) in [6.07, 6.45) is 1.20. The van der Waals surface area contributed by atoms with Crippen LogP contribution >= 0.6 is 0 Å². The Balaban J connectivity index is 2.17. The van der Waals surface area contributed by atoms with Crippen LogP contribution in [0.15, 0.2) is 29.2 Å². The summed E-state index contributed by atoms with van der Waals surface area (Å²) in [7, 11) is -3.69. The molecule has 1 aliphatic rings. The summed E-state index contributed by atoms with van der Waals surface area (Å²) < 4.78 is 26.8. The van der Waals surface area contributed by atoms with Crippen LogP contribution in [-0.4, -0.2) is 50.8 Å². The standard InChI is InChI=1S/C17H26N4O4S/c1-12(2)16(21-10-4-7-15(21)22)17(23)20-13-5-3-6-14(11-13)26(24,25)19-9-8-18/h3,5-6,11-12,16,19H,4,7-10,18H2,1-2H3,(H,20,23). The molecule has 0 aromatic heterocycles. The van der Waals surface area contributed by atoms with Crippen molar-refractivity contribution in [3.05, 3.63) is 24.3 Å². The van der Waals surface area contributed by atoms with Gasteiger partial charge in [-0.2, -0.15) is 0 Å². The van der Waals surface area contributed by atoms with Gasteiger partial charge in [-0.25, -0.2) is 13.1 Å². The van der Waals surface area contributed by atoms with E-state index in [1.807, 2.05) is 13.8 Å². The van der Waals surface area contributed by atoms with Crippen LogP contribution in [0.2, 0.25) is 0 Å². The summed E-state index contributed by atoms with van der Waals surface area (Å²) in [5, 5.41) is 2.74. The van der Waals surface area contributed by atoms with Crippen molar-refractivity contribution in [1.82, 2.24) is 9.62 Å². The van der Waals surface area contributed by atoms with E-state index in [0.29, 0.717) is 18.7 Å². The van der Waals surface area contributed by atoms with Crippen molar-refractivity contribution in [3.63, 3.8) is 0 Å². The second kappa shape index (κ2) is 8.61. The molecule has 1 unspecified atom stereocenters. The van der Waals surface area contributed by atoms with Crippen LogP contribution in [0, 0.1) is 5.92 Å². The Labute approximate surface area is 154 Å². The number of nitrogens with two attached hydrogens (primary N) is 1. The second-order valence-electron chi connectivity index (χ2n) is 6.58. The highest BCUT2D eigenvalue weighted by molar-refractivity contribution is 7.89. The average Bonchev–Trinajstić information content (AvgIpc) is 2.99. The first-order chi connectivity index (χ1) is 12.3. The molecule has 4 N–H and O–H groups in total. The Bertz CT molecular complexity index is 764. The van der Waals surface area contributed by atoms with Gasteiger partial charge in [-0.05, 0) is 30.5 Å². The normalized spacial score (nSPS) is 16.2. The molecule has 26 heavy (non-hydrogen) atoms. The van der Waals surface area contributed by atoms with E-state index in [2.05, 4.69) is 10.0 Å². The summed E-state index contributed by atoms with van der Waals surface area (Å²) in [6.45, 7) is 4.65. The van der Waals surface area contributed by atoms with Gasteiger partial charge in [0.15, 0.2) is 0 Å². The van der Waals surface area contributed by atoms with E-state index in [-0.39, 0.29) is 35.7 Å². The molecule has 2 amide bonds. The van der Waals surface area contributed by atoms with E-state index in [9.17, 15) is 18.0 Å². The molecule has 1 aromatic rings. The molecule has 1 heterocycles. The first-order valence-electron chi connectivity index (χ1n) is 8.66. The van der Waals surface area contributed by atoms with E-state index in [1.54, 1.807) is 17.0 Å². The van der Waals surface area contributed by atoms with Crippen molar-refractivity contribution in [1.29, 1.82) is 0 Å². The van der Waals surface area contributed by atoms with Crippen LogP contribution < -0.4 is 15.8 Å². The quantitative estimate of drug-likeness (QED) is 0.605. The largest absolute Gasteiger partial charge is 0.330 e. The number of likely N-dealkylation sites (tertiary alicyclic amines) is 1. The van der Waals surface area contributed by atoms with E-state index < -0.39 is 16.1 Å². The third-order valence-electron chi connectivity index (χ3n) is 4.19. The van der Waals surface area contributed by atoms with Crippen LogP contribution in [0.4, 0.5) is 5.69 Å². The fraction of sp³-hybridized carbons (Fsp3) is 0.529. The Morgan fingerprint density at radius 3 is 2.65 bits per heavy atom. The van der Waals surface area contributed by atoms with Crippen molar-refractivity contribution >= 4 is 27.5 Å². The van der Waals surface area contributed by atoms with Gasteiger partial charge in [-0.3, -0.25) is 9.59 Å². The number of nitrogens with zero attached hydrogens (tertiary/aromatic N) is 1. The van der Waals surface area contributed by atoms with Gasteiger partial charge in [-0.1, -0.05) is 19.9 Å². The van der Waals surface area contributed by atoms with Crippen molar-refractivity contribution in [2.24, 2.45) is 11.7 Å². The zero-order chi connectivity index (χ0) is 19.3. The number of benzene rings is 1. The molecule has 0 aliphatic carbocycles. The summed E-state index contributed by atoms with van der Waals surface area (Å²) in [6, 6.07) is 5.42. The summed E-state index contributed by atoms with van der Waals surface area (Å²) in [5.41, 5.74) is 5.69. The molecule has 0 saturated carbocycles. The smallest absolute Gasteiger partial charge is 0.247 e. The van der Waals surface area contributed by atoms with E-state index in [4.69, 9.17) is 5.73 Å².